The van der Waals surface area contributed by atoms with Crippen LogP contribution in [0, 0.1) is 6.92 Å². The van der Waals surface area contributed by atoms with E-state index in [0.717, 1.165) is 35.4 Å². The summed E-state index contributed by atoms with van der Waals surface area (Å²) in [5.41, 5.74) is 4.27. The molecule has 0 atom stereocenters. The predicted molar refractivity (Wildman–Crippen MR) is 70.6 cm³/mol. The second-order valence-electron chi connectivity index (χ2n) is 4.74. The Labute approximate surface area is 111 Å². The minimum absolute atomic E-state index is 0.609. The smallest absolute Gasteiger partial charge is 0.164 e. The van der Waals surface area contributed by atoms with Crippen molar-refractivity contribution in [1.82, 2.24) is 19.7 Å². The van der Waals surface area contributed by atoms with E-state index >= 15 is 0 Å². The highest BCUT2D eigenvalue weighted by Crippen LogP contribution is 2.28. The molecule has 2 aromatic rings. The van der Waals surface area contributed by atoms with Crippen LogP contribution in [-0.4, -0.2) is 19.7 Å². The highest BCUT2D eigenvalue weighted by atomic mass is 35.5. The van der Waals surface area contributed by atoms with E-state index in [1.54, 1.807) is 6.20 Å². The number of rotatable bonds is 1. The molecule has 0 amide bonds. The van der Waals surface area contributed by atoms with Crippen molar-refractivity contribution in [3.63, 3.8) is 0 Å². The summed E-state index contributed by atoms with van der Waals surface area (Å²) in [6, 6.07) is 0. The lowest BCUT2D eigenvalue weighted by molar-refractivity contribution is 0.663. The Morgan fingerprint density at radius 1 is 1.22 bits per heavy atom. The quantitative estimate of drug-likeness (QED) is 0.742. The van der Waals surface area contributed by atoms with Crippen molar-refractivity contribution in [3.05, 3.63) is 28.3 Å². The van der Waals surface area contributed by atoms with E-state index in [4.69, 9.17) is 11.6 Å². The van der Waals surface area contributed by atoms with E-state index < -0.39 is 0 Å². The molecular formula is C13H15ClN4. The summed E-state index contributed by atoms with van der Waals surface area (Å²) in [6.07, 6.45) is 6.17. The minimum atomic E-state index is 0.609. The van der Waals surface area contributed by atoms with Gasteiger partial charge >= 0.3 is 0 Å². The maximum absolute atomic E-state index is 6.28. The molecule has 0 N–H and O–H groups in total. The molecule has 0 bridgehead atoms. The second-order valence-corrected chi connectivity index (χ2v) is 5.10. The molecule has 18 heavy (non-hydrogen) atoms. The van der Waals surface area contributed by atoms with E-state index in [0.29, 0.717) is 11.0 Å². The molecule has 0 unspecified atom stereocenters. The molecule has 0 aromatic carbocycles. The van der Waals surface area contributed by atoms with Crippen molar-refractivity contribution in [2.75, 3.05) is 0 Å². The van der Waals surface area contributed by atoms with Crippen LogP contribution in [0.3, 0.4) is 0 Å². The first-order valence-electron chi connectivity index (χ1n) is 6.21. The largest absolute Gasteiger partial charge is 0.272 e. The fourth-order valence-electron chi connectivity index (χ4n) is 2.39. The van der Waals surface area contributed by atoms with Crippen LogP contribution in [0.1, 0.15) is 29.8 Å². The van der Waals surface area contributed by atoms with Crippen LogP contribution in [0.2, 0.25) is 5.15 Å². The molecule has 0 radical (unpaired) electrons. The number of aryl methyl sites for hydroxylation is 2. The first-order chi connectivity index (χ1) is 8.66. The number of aromatic nitrogens is 4. The van der Waals surface area contributed by atoms with Crippen LogP contribution in [0.15, 0.2) is 6.20 Å². The molecular weight excluding hydrogens is 248 g/mol. The number of hydrogen-bond acceptors (Lipinski definition) is 3. The molecule has 2 heterocycles. The van der Waals surface area contributed by atoms with Gasteiger partial charge < -0.3 is 0 Å². The Morgan fingerprint density at radius 2 is 2.00 bits per heavy atom. The van der Waals surface area contributed by atoms with Gasteiger partial charge in [-0.25, -0.2) is 9.97 Å². The first-order valence-corrected chi connectivity index (χ1v) is 6.59. The standard InChI is InChI=1S/C13H15ClN4/c1-8-10(7-15-18(8)2)13-16-11-6-4-3-5-9(11)12(14)17-13/h7H,3-6H2,1-2H3. The van der Waals surface area contributed by atoms with Crippen LogP contribution >= 0.6 is 11.6 Å². The lowest BCUT2D eigenvalue weighted by Crippen LogP contribution is -2.09. The first kappa shape index (κ1) is 11.7. The Bertz CT molecular complexity index is 603. The minimum Gasteiger partial charge on any atom is -0.272 e. The zero-order chi connectivity index (χ0) is 12.7. The summed E-state index contributed by atoms with van der Waals surface area (Å²) in [5.74, 6) is 0.700. The molecule has 94 valence electrons. The average Bonchev–Trinajstić information content (AvgIpc) is 2.70. The maximum atomic E-state index is 6.28. The van der Waals surface area contributed by atoms with Gasteiger partial charge in [0.25, 0.3) is 0 Å². The van der Waals surface area contributed by atoms with Crippen LogP contribution in [-0.2, 0) is 19.9 Å². The SMILES string of the molecule is Cc1c(-c2nc(Cl)c3c(n2)CCCC3)cnn1C. The van der Waals surface area contributed by atoms with E-state index in [-0.39, 0.29) is 0 Å². The second kappa shape index (κ2) is 4.35. The van der Waals surface area contributed by atoms with Gasteiger partial charge in [-0.3, -0.25) is 4.68 Å². The molecule has 3 rings (SSSR count). The molecule has 1 aliphatic carbocycles. The number of nitrogens with zero attached hydrogens (tertiary/aromatic N) is 4. The third kappa shape index (κ3) is 1.81. The van der Waals surface area contributed by atoms with Crippen molar-refractivity contribution in [1.29, 1.82) is 0 Å². The van der Waals surface area contributed by atoms with Gasteiger partial charge in [0.2, 0.25) is 0 Å². The summed E-state index contributed by atoms with van der Waals surface area (Å²) in [7, 11) is 1.92. The molecule has 1 aliphatic rings. The molecule has 0 saturated carbocycles. The number of hydrogen-bond donors (Lipinski definition) is 0. The summed E-state index contributed by atoms with van der Waals surface area (Å²) in [4.78, 5) is 9.10. The topological polar surface area (TPSA) is 43.6 Å². The van der Waals surface area contributed by atoms with Crippen molar-refractivity contribution in [2.24, 2.45) is 7.05 Å². The summed E-state index contributed by atoms with van der Waals surface area (Å²) in [5, 5.41) is 4.84. The number of halogens is 1. The van der Waals surface area contributed by atoms with E-state index in [1.165, 1.54) is 12.8 Å². The van der Waals surface area contributed by atoms with Crippen LogP contribution < -0.4 is 0 Å². The molecule has 0 aliphatic heterocycles. The van der Waals surface area contributed by atoms with Crippen LogP contribution in [0.4, 0.5) is 0 Å². The van der Waals surface area contributed by atoms with Gasteiger partial charge in [-0.1, -0.05) is 11.6 Å². The summed E-state index contributed by atoms with van der Waals surface area (Å²) >= 11 is 6.28. The van der Waals surface area contributed by atoms with Crippen molar-refractivity contribution in [3.8, 4) is 11.4 Å². The summed E-state index contributed by atoms with van der Waals surface area (Å²) in [6.45, 7) is 2.01. The summed E-state index contributed by atoms with van der Waals surface area (Å²) < 4.78 is 1.83. The van der Waals surface area contributed by atoms with E-state index in [9.17, 15) is 0 Å². The van der Waals surface area contributed by atoms with Gasteiger partial charge in [-0.15, -0.1) is 0 Å². The Hall–Kier alpha value is -1.42. The Balaban J connectivity index is 2.14. The van der Waals surface area contributed by atoms with E-state index in [2.05, 4.69) is 15.1 Å². The maximum Gasteiger partial charge on any atom is 0.164 e. The normalized spacial score (nSPS) is 14.6. The highest BCUT2D eigenvalue weighted by molar-refractivity contribution is 6.30. The molecule has 0 saturated heterocycles. The van der Waals surface area contributed by atoms with Crippen molar-refractivity contribution in [2.45, 2.75) is 32.6 Å². The highest BCUT2D eigenvalue weighted by Gasteiger charge is 2.18. The molecule has 2 aromatic heterocycles. The van der Waals surface area contributed by atoms with Crippen molar-refractivity contribution < 1.29 is 0 Å². The average molecular weight is 263 g/mol. The van der Waals surface area contributed by atoms with Crippen LogP contribution in [0.25, 0.3) is 11.4 Å². The molecule has 0 fully saturated rings. The fraction of sp³-hybridized carbons (Fsp3) is 0.462. The van der Waals surface area contributed by atoms with Gasteiger partial charge in [0.1, 0.15) is 5.15 Å². The van der Waals surface area contributed by atoms with Gasteiger partial charge in [-0.05, 0) is 32.6 Å². The molecule has 0 spiro atoms. The van der Waals surface area contributed by atoms with E-state index in [1.807, 2.05) is 18.7 Å². The van der Waals surface area contributed by atoms with Gasteiger partial charge in [0.05, 0.1) is 11.8 Å². The van der Waals surface area contributed by atoms with Crippen LogP contribution in [0.5, 0.6) is 0 Å². The Morgan fingerprint density at radius 3 is 2.72 bits per heavy atom. The Kier molecular flexibility index (Phi) is 2.82. The zero-order valence-electron chi connectivity index (χ0n) is 10.6. The lowest BCUT2D eigenvalue weighted by Gasteiger charge is -2.16. The van der Waals surface area contributed by atoms with Crippen molar-refractivity contribution >= 4 is 11.6 Å². The van der Waals surface area contributed by atoms with Gasteiger partial charge in [0.15, 0.2) is 5.82 Å². The zero-order valence-corrected chi connectivity index (χ0v) is 11.3. The third-order valence-electron chi connectivity index (χ3n) is 3.61. The third-order valence-corrected chi connectivity index (χ3v) is 3.92. The molecule has 5 heteroatoms. The molecule has 4 nitrogen and oxygen atoms in total. The number of fused-ring (bicyclic) bond motifs is 1. The van der Waals surface area contributed by atoms with Gasteiger partial charge in [-0.2, -0.15) is 5.10 Å². The predicted octanol–water partition coefficient (Wildman–Crippen LogP) is 2.72. The lowest BCUT2D eigenvalue weighted by atomic mass is 9.97. The van der Waals surface area contributed by atoms with Gasteiger partial charge in [0, 0.05) is 24.0 Å². The monoisotopic (exact) mass is 262 g/mol. The fourth-order valence-corrected chi connectivity index (χ4v) is 2.67.